The average molecular weight is 384 g/mol. The van der Waals surface area contributed by atoms with Crippen LogP contribution in [0.3, 0.4) is 0 Å². The number of carbonyl (C=O) groups excluding carboxylic acids is 1. The molecule has 1 saturated heterocycles. The van der Waals surface area contributed by atoms with Gasteiger partial charge in [-0.05, 0) is 51.2 Å². The van der Waals surface area contributed by atoms with Crippen molar-refractivity contribution >= 4 is 28.3 Å². The van der Waals surface area contributed by atoms with E-state index in [2.05, 4.69) is 24.3 Å². The molecule has 3 aromatic rings. The third-order valence-corrected chi connectivity index (χ3v) is 6.14. The van der Waals surface area contributed by atoms with Crippen LogP contribution in [0.2, 0.25) is 0 Å². The van der Waals surface area contributed by atoms with Gasteiger partial charge in [-0.3, -0.25) is 4.79 Å². The van der Waals surface area contributed by atoms with E-state index in [1.807, 2.05) is 40.2 Å². The van der Waals surface area contributed by atoms with Crippen LogP contribution >= 0.6 is 11.3 Å². The molecule has 4 heterocycles. The Hall–Kier alpha value is -2.25. The van der Waals surface area contributed by atoms with Crippen LogP contribution < -0.4 is 5.32 Å². The number of fused-ring (bicyclic) bond motifs is 1. The summed E-state index contributed by atoms with van der Waals surface area (Å²) in [6.07, 6.45) is 3.76. The maximum Gasteiger partial charge on any atom is 0.254 e. The van der Waals surface area contributed by atoms with Crippen molar-refractivity contribution in [2.45, 2.75) is 38.8 Å². The van der Waals surface area contributed by atoms with Crippen molar-refractivity contribution in [3.8, 4) is 10.6 Å². The SMILES string of the molecule is CNC1CCN(C(=O)c2cc(-c3cccs3)nc3c2cnn3C(C)C)CC1. The molecule has 7 heteroatoms. The Kier molecular flexibility index (Phi) is 4.97. The van der Waals surface area contributed by atoms with Gasteiger partial charge in [-0.1, -0.05) is 6.07 Å². The molecule has 1 fully saturated rings. The molecule has 0 saturated carbocycles. The minimum absolute atomic E-state index is 0.0815. The monoisotopic (exact) mass is 383 g/mol. The molecule has 3 aromatic heterocycles. The van der Waals surface area contributed by atoms with Crippen molar-refractivity contribution in [1.82, 2.24) is 25.0 Å². The van der Waals surface area contributed by atoms with Crippen molar-refractivity contribution < 1.29 is 4.79 Å². The Morgan fingerprint density at radius 1 is 1.33 bits per heavy atom. The van der Waals surface area contributed by atoms with E-state index in [1.54, 1.807) is 17.5 Å². The normalized spacial score (nSPS) is 15.8. The van der Waals surface area contributed by atoms with E-state index >= 15 is 0 Å². The van der Waals surface area contributed by atoms with Gasteiger partial charge in [-0.2, -0.15) is 5.10 Å². The molecule has 142 valence electrons. The number of hydrogen-bond donors (Lipinski definition) is 1. The average Bonchev–Trinajstić information content (AvgIpc) is 3.36. The van der Waals surface area contributed by atoms with Crippen LogP contribution in [0.1, 0.15) is 43.1 Å². The van der Waals surface area contributed by atoms with Gasteiger partial charge in [0.15, 0.2) is 5.65 Å². The van der Waals surface area contributed by atoms with E-state index in [1.165, 1.54) is 0 Å². The smallest absolute Gasteiger partial charge is 0.254 e. The van der Waals surface area contributed by atoms with Gasteiger partial charge in [-0.25, -0.2) is 9.67 Å². The summed E-state index contributed by atoms with van der Waals surface area (Å²) >= 11 is 1.64. The number of rotatable bonds is 4. The van der Waals surface area contributed by atoms with Crippen LogP contribution in [-0.2, 0) is 0 Å². The maximum atomic E-state index is 13.4. The summed E-state index contributed by atoms with van der Waals surface area (Å²) in [6, 6.07) is 6.67. The standard InChI is InChI=1S/C20H25N5OS/c1-13(2)25-19-16(12-22-25)15(11-17(23-19)18-5-4-10-27-18)20(26)24-8-6-14(21-3)7-9-24/h4-5,10-14,21H,6-9H2,1-3H3. The summed E-state index contributed by atoms with van der Waals surface area (Å²) in [5, 5.41) is 10.7. The first-order valence-electron chi connectivity index (χ1n) is 9.47. The molecule has 0 aromatic carbocycles. The summed E-state index contributed by atoms with van der Waals surface area (Å²) in [4.78, 5) is 21.2. The molecule has 4 rings (SSSR count). The number of nitrogens with zero attached hydrogens (tertiary/aromatic N) is 4. The molecule has 0 spiro atoms. The fourth-order valence-corrected chi connectivity index (χ4v) is 4.35. The van der Waals surface area contributed by atoms with Crippen molar-refractivity contribution in [3.63, 3.8) is 0 Å². The number of nitrogens with one attached hydrogen (secondary N) is 1. The summed E-state index contributed by atoms with van der Waals surface area (Å²) in [5.41, 5.74) is 2.33. The van der Waals surface area contributed by atoms with Gasteiger partial charge in [0, 0.05) is 25.2 Å². The van der Waals surface area contributed by atoms with E-state index in [-0.39, 0.29) is 11.9 Å². The number of hydrogen-bond acceptors (Lipinski definition) is 5. The fourth-order valence-electron chi connectivity index (χ4n) is 3.67. The molecule has 0 unspecified atom stereocenters. The first kappa shape index (κ1) is 18.1. The molecular formula is C20H25N5OS. The Labute approximate surface area is 163 Å². The van der Waals surface area contributed by atoms with Gasteiger partial charge in [0.1, 0.15) is 0 Å². The van der Waals surface area contributed by atoms with Gasteiger partial charge in [0.05, 0.1) is 27.7 Å². The van der Waals surface area contributed by atoms with Crippen LogP contribution in [-0.4, -0.2) is 51.8 Å². The number of carbonyl (C=O) groups is 1. The quantitative estimate of drug-likeness (QED) is 0.748. The predicted octanol–water partition coefficient (Wildman–Crippen LogP) is 3.56. The fraction of sp³-hybridized carbons (Fsp3) is 0.450. The molecule has 1 aliphatic heterocycles. The molecule has 0 radical (unpaired) electrons. The maximum absolute atomic E-state index is 13.4. The predicted molar refractivity (Wildman–Crippen MR) is 109 cm³/mol. The van der Waals surface area contributed by atoms with Crippen molar-refractivity contribution in [3.05, 3.63) is 35.3 Å². The van der Waals surface area contributed by atoms with Gasteiger partial charge < -0.3 is 10.2 Å². The zero-order chi connectivity index (χ0) is 19.0. The molecule has 6 nitrogen and oxygen atoms in total. The van der Waals surface area contributed by atoms with Gasteiger partial charge in [0.2, 0.25) is 0 Å². The molecule has 0 bridgehead atoms. The van der Waals surface area contributed by atoms with E-state index < -0.39 is 0 Å². The molecule has 1 aliphatic rings. The van der Waals surface area contributed by atoms with E-state index in [4.69, 9.17) is 4.98 Å². The highest BCUT2D eigenvalue weighted by molar-refractivity contribution is 7.13. The second-order valence-corrected chi connectivity index (χ2v) is 8.26. The Morgan fingerprint density at radius 3 is 2.74 bits per heavy atom. The number of amides is 1. The molecule has 1 N–H and O–H groups in total. The molecular weight excluding hydrogens is 358 g/mol. The second-order valence-electron chi connectivity index (χ2n) is 7.31. The lowest BCUT2D eigenvalue weighted by molar-refractivity contribution is 0.0709. The topological polar surface area (TPSA) is 63.1 Å². The van der Waals surface area contributed by atoms with Crippen molar-refractivity contribution in [2.24, 2.45) is 0 Å². The van der Waals surface area contributed by atoms with Crippen molar-refractivity contribution in [1.29, 1.82) is 0 Å². The first-order chi connectivity index (χ1) is 13.1. The molecule has 0 atom stereocenters. The van der Waals surface area contributed by atoms with Crippen molar-refractivity contribution in [2.75, 3.05) is 20.1 Å². The zero-order valence-corrected chi connectivity index (χ0v) is 16.8. The van der Waals surface area contributed by atoms with Crippen LogP contribution in [0, 0.1) is 0 Å². The Bertz CT molecular complexity index is 939. The highest BCUT2D eigenvalue weighted by Gasteiger charge is 2.26. The molecule has 1 amide bonds. The minimum Gasteiger partial charge on any atom is -0.339 e. The highest BCUT2D eigenvalue weighted by atomic mass is 32.1. The van der Waals surface area contributed by atoms with Crippen LogP contribution in [0.25, 0.3) is 21.6 Å². The van der Waals surface area contributed by atoms with E-state index in [0.717, 1.165) is 47.5 Å². The molecule has 0 aliphatic carbocycles. The highest BCUT2D eigenvalue weighted by Crippen LogP contribution is 2.30. The first-order valence-corrected chi connectivity index (χ1v) is 10.3. The van der Waals surface area contributed by atoms with Crippen LogP contribution in [0.5, 0.6) is 0 Å². The van der Waals surface area contributed by atoms with E-state index in [0.29, 0.717) is 11.6 Å². The van der Waals surface area contributed by atoms with E-state index in [9.17, 15) is 4.79 Å². The largest absolute Gasteiger partial charge is 0.339 e. The van der Waals surface area contributed by atoms with Crippen LogP contribution in [0.15, 0.2) is 29.8 Å². The van der Waals surface area contributed by atoms with Gasteiger partial charge >= 0.3 is 0 Å². The number of pyridine rings is 1. The third kappa shape index (κ3) is 3.37. The summed E-state index contributed by atoms with van der Waals surface area (Å²) in [7, 11) is 1.99. The van der Waals surface area contributed by atoms with Gasteiger partial charge in [0.25, 0.3) is 5.91 Å². The lowest BCUT2D eigenvalue weighted by Crippen LogP contribution is -2.44. The lowest BCUT2D eigenvalue weighted by atomic mass is 10.0. The third-order valence-electron chi connectivity index (χ3n) is 5.25. The number of thiophene rings is 1. The number of aromatic nitrogens is 3. The summed E-state index contributed by atoms with van der Waals surface area (Å²) < 4.78 is 1.90. The number of likely N-dealkylation sites (tertiary alicyclic amines) is 1. The van der Waals surface area contributed by atoms with Crippen LogP contribution in [0.4, 0.5) is 0 Å². The Balaban J connectivity index is 1.78. The lowest BCUT2D eigenvalue weighted by Gasteiger charge is -2.32. The number of piperidine rings is 1. The van der Waals surface area contributed by atoms with Gasteiger partial charge in [-0.15, -0.1) is 11.3 Å². The minimum atomic E-state index is 0.0815. The zero-order valence-electron chi connectivity index (χ0n) is 16.0. The Morgan fingerprint density at radius 2 is 2.11 bits per heavy atom. The second kappa shape index (κ2) is 7.40. The summed E-state index contributed by atoms with van der Waals surface area (Å²) in [6.45, 7) is 5.72. The molecule has 27 heavy (non-hydrogen) atoms. The summed E-state index contributed by atoms with van der Waals surface area (Å²) in [5.74, 6) is 0.0815.